The number of nitrogens with one attached hydrogen (secondary N) is 1. The molecule has 1 aromatic carbocycles. The van der Waals surface area contributed by atoms with E-state index in [0.29, 0.717) is 13.1 Å². The van der Waals surface area contributed by atoms with E-state index >= 15 is 0 Å². The second-order valence-corrected chi connectivity index (χ2v) is 7.46. The van der Waals surface area contributed by atoms with Crippen LogP contribution >= 0.6 is 11.3 Å². The lowest BCUT2D eigenvalue weighted by atomic mass is 10.1. The summed E-state index contributed by atoms with van der Waals surface area (Å²) in [5, 5.41) is 5.00. The average Bonchev–Trinajstić information content (AvgIpc) is 3.09. The van der Waals surface area contributed by atoms with E-state index in [2.05, 4.69) is 35.8 Å². The SMILES string of the molecule is Cc1ccccc1CCNC(=O)CCC(=O)N1CCc2sccc2C1. The molecule has 1 aliphatic rings. The zero-order chi connectivity index (χ0) is 17.6. The smallest absolute Gasteiger partial charge is 0.223 e. The minimum atomic E-state index is -0.0461. The molecule has 0 fully saturated rings. The largest absolute Gasteiger partial charge is 0.356 e. The zero-order valence-electron chi connectivity index (χ0n) is 14.6. The molecule has 0 atom stereocenters. The lowest BCUT2D eigenvalue weighted by Crippen LogP contribution is -2.36. The Balaban J connectivity index is 1.37. The molecule has 2 aromatic rings. The van der Waals surface area contributed by atoms with Crippen molar-refractivity contribution in [1.82, 2.24) is 10.2 Å². The van der Waals surface area contributed by atoms with E-state index in [1.807, 2.05) is 17.0 Å². The number of nitrogens with zero attached hydrogens (tertiary/aromatic N) is 1. The average molecular weight is 356 g/mol. The summed E-state index contributed by atoms with van der Waals surface area (Å²) >= 11 is 1.76. The van der Waals surface area contributed by atoms with Crippen LogP contribution in [0, 0.1) is 6.92 Å². The minimum Gasteiger partial charge on any atom is -0.356 e. The molecule has 2 amide bonds. The Morgan fingerprint density at radius 2 is 2.04 bits per heavy atom. The van der Waals surface area contributed by atoms with Gasteiger partial charge in [0.05, 0.1) is 0 Å². The third-order valence-electron chi connectivity index (χ3n) is 4.70. The topological polar surface area (TPSA) is 49.4 Å². The van der Waals surface area contributed by atoms with Gasteiger partial charge in [-0.15, -0.1) is 11.3 Å². The molecule has 0 saturated heterocycles. The number of benzene rings is 1. The molecule has 1 aliphatic heterocycles. The van der Waals surface area contributed by atoms with Crippen molar-refractivity contribution in [3.63, 3.8) is 0 Å². The maximum absolute atomic E-state index is 12.3. The quantitative estimate of drug-likeness (QED) is 0.865. The highest BCUT2D eigenvalue weighted by molar-refractivity contribution is 7.10. The first-order valence-electron chi connectivity index (χ1n) is 8.77. The monoisotopic (exact) mass is 356 g/mol. The van der Waals surface area contributed by atoms with Gasteiger partial charge in [-0.3, -0.25) is 9.59 Å². The molecule has 0 unspecified atom stereocenters. The molecular formula is C20H24N2O2S. The zero-order valence-corrected chi connectivity index (χ0v) is 15.4. The third kappa shape index (κ3) is 4.69. The first kappa shape index (κ1) is 17.7. The van der Waals surface area contributed by atoms with Gasteiger partial charge in [0.1, 0.15) is 0 Å². The predicted octanol–water partition coefficient (Wildman–Crippen LogP) is 3.08. The second-order valence-electron chi connectivity index (χ2n) is 6.46. The molecule has 132 valence electrons. The number of carbonyl (C=O) groups is 2. The second kappa shape index (κ2) is 8.30. The Morgan fingerprint density at radius 1 is 1.20 bits per heavy atom. The fraction of sp³-hybridized carbons (Fsp3) is 0.400. The van der Waals surface area contributed by atoms with Crippen LogP contribution in [-0.4, -0.2) is 29.8 Å². The standard InChI is InChI=1S/C20H24N2O2S/c1-15-4-2-3-5-16(15)8-11-21-19(23)6-7-20(24)22-12-9-18-17(14-22)10-13-25-18/h2-5,10,13H,6-9,11-12,14H2,1H3,(H,21,23). The maximum atomic E-state index is 12.3. The van der Waals surface area contributed by atoms with Crippen LogP contribution in [0.5, 0.6) is 0 Å². The Hall–Kier alpha value is -2.14. The number of thiophene rings is 1. The van der Waals surface area contributed by atoms with Gasteiger partial charge in [0.15, 0.2) is 0 Å². The van der Waals surface area contributed by atoms with Crippen LogP contribution < -0.4 is 5.32 Å². The first-order valence-corrected chi connectivity index (χ1v) is 9.65. The van der Waals surface area contributed by atoms with Crippen molar-refractivity contribution in [2.75, 3.05) is 13.1 Å². The molecule has 3 rings (SSSR count). The van der Waals surface area contributed by atoms with Gasteiger partial charge in [-0.1, -0.05) is 24.3 Å². The number of carbonyl (C=O) groups excluding carboxylic acids is 2. The molecule has 4 nitrogen and oxygen atoms in total. The maximum Gasteiger partial charge on any atom is 0.223 e. The van der Waals surface area contributed by atoms with E-state index in [1.165, 1.54) is 21.6 Å². The number of hydrogen-bond donors (Lipinski definition) is 1. The van der Waals surface area contributed by atoms with Crippen molar-refractivity contribution in [1.29, 1.82) is 0 Å². The van der Waals surface area contributed by atoms with Gasteiger partial charge in [0.2, 0.25) is 11.8 Å². The van der Waals surface area contributed by atoms with Crippen LogP contribution in [0.1, 0.15) is 34.4 Å². The fourth-order valence-electron chi connectivity index (χ4n) is 3.16. The van der Waals surface area contributed by atoms with Crippen LogP contribution in [0.25, 0.3) is 0 Å². The van der Waals surface area contributed by atoms with Gasteiger partial charge in [0, 0.05) is 37.4 Å². The van der Waals surface area contributed by atoms with E-state index < -0.39 is 0 Å². The van der Waals surface area contributed by atoms with Gasteiger partial charge < -0.3 is 10.2 Å². The highest BCUT2D eigenvalue weighted by Gasteiger charge is 2.21. The van der Waals surface area contributed by atoms with E-state index in [9.17, 15) is 9.59 Å². The third-order valence-corrected chi connectivity index (χ3v) is 5.73. The van der Waals surface area contributed by atoms with Crippen LogP contribution in [0.4, 0.5) is 0 Å². The van der Waals surface area contributed by atoms with Crippen LogP contribution in [0.2, 0.25) is 0 Å². The summed E-state index contributed by atoms with van der Waals surface area (Å²) in [7, 11) is 0. The Bertz CT molecular complexity index is 754. The van der Waals surface area contributed by atoms with Gasteiger partial charge in [-0.05, 0) is 47.9 Å². The first-order chi connectivity index (χ1) is 12.1. The number of amides is 2. The number of fused-ring (bicyclic) bond motifs is 1. The summed E-state index contributed by atoms with van der Waals surface area (Å²) in [5.41, 5.74) is 3.75. The lowest BCUT2D eigenvalue weighted by molar-refractivity contribution is -0.134. The Morgan fingerprint density at radius 3 is 2.88 bits per heavy atom. The number of hydrogen-bond acceptors (Lipinski definition) is 3. The molecule has 5 heteroatoms. The molecular weight excluding hydrogens is 332 g/mol. The van der Waals surface area contributed by atoms with Crippen LogP contribution in [-0.2, 0) is 29.0 Å². The van der Waals surface area contributed by atoms with Crippen molar-refractivity contribution >= 4 is 23.2 Å². The van der Waals surface area contributed by atoms with Gasteiger partial charge in [-0.2, -0.15) is 0 Å². The van der Waals surface area contributed by atoms with E-state index in [4.69, 9.17) is 0 Å². The summed E-state index contributed by atoms with van der Waals surface area (Å²) in [4.78, 5) is 27.6. The normalized spacial score (nSPS) is 13.4. The predicted molar refractivity (Wildman–Crippen MR) is 101 cm³/mol. The summed E-state index contributed by atoms with van der Waals surface area (Å²) in [6.45, 7) is 4.14. The lowest BCUT2D eigenvalue weighted by Gasteiger charge is -2.27. The highest BCUT2D eigenvalue weighted by atomic mass is 32.1. The van der Waals surface area contributed by atoms with Crippen molar-refractivity contribution < 1.29 is 9.59 Å². The molecule has 25 heavy (non-hydrogen) atoms. The van der Waals surface area contributed by atoms with Gasteiger partial charge in [-0.25, -0.2) is 0 Å². The summed E-state index contributed by atoms with van der Waals surface area (Å²) < 4.78 is 0. The van der Waals surface area contributed by atoms with Crippen molar-refractivity contribution in [2.45, 2.75) is 39.2 Å². The Labute approximate surface area is 152 Å². The van der Waals surface area contributed by atoms with Gasteiger partial charge in [0.25, 0.3) is 0 Å². The number of aryl methyl sites for hydroxylation is 1. The molecule has 0 saturated carbocycles. The van der Waals surface area contributed by atoms with Crippen molar-refractivity contribution in [3.8, 4) is 0 Å². The molecule has 0 spiro atoms. The molecule has 1 N–H and O–H groups in total. The molecule has 0 radical (unpaired) electrons. The molecule has 0 bridgehead atoms. The van der Waals surface area contributed by atoms with Crippen molar-refractivity contribution in [3.05, 3.63) is 57.3 Å². The minimum absolute atomic E-state index is 0.0461. The molecule has 0 aliphatic carbocycles. The molecule has 2 heterocycles. The summed E-state index contributed by atoms with van der Waals surface area (Å²) in [6, 6.07) is 10.3. The fourth-order valence-corrected chi connectivity index (χ4v) is 4.05. The van der Waals surface area contributed by atoms with E-state index in [1.54, 1.807) is 11.3 Å². The summed E-state index contributed by atoms with van der Waals surface area (Å²) in [5.74, 6) is 0.0288. The van der Waals surface area contributed by atoms with Crippen molar-refractivity contribution in [2.24, 2.45) is 0 Å². The summed E-state index contributed by atoms with van der Waals surface area (Å²) in [6.07, 6.45) is 2.30. The van der Waals surface area contributed by atoms with Gasteiger partial charge >= 0.3 is 0 Å². The Kier molecular flexibility index (Phi) is 5.87. The van der Waals surface area contributed by atoms with E-state index in [0.717, 1.165) is 19.4 Å². The molecule has 1 aromatic heterocycles. The van der Waals surface area contributed by atoms with Crippen LogP contribution in [0.15, 0.2) is 35.7 Å². The highest BCUT2D eigenvalue weighted by Crippen LogP contribution is 2.24. The van der Waals surface area contributed by atoms with Crippen LogP contribution in [0.3, 0.4) is 0 Å². The van der Waals surface area contributed by atoms with E-state index in [-0.39, 0.29) is 24.7 Å². The number of rotatable bonds is 6.